The monoisotopic (exact) mass is 549 g/mol. The molecule has 0 bridgehead atoms. The molecular weight excluding hydrogens is 505 g/mol. The van der Waals surface area contributed by atoms with Gasteiger partial charge in [0.15, 0.2) is 0 Å². The van der Waals surface area contributed by atoms with Gasteiger partial charge in [-0.25, -0.2) is 4.39 Å². The third-order valence-corrected chi connectivity index (χ3v) is 9.70. The highest BCUT2D eigenvalue weighted by molar-refractivity contribution is 5.85. The zero-order chi connectivity index (χ0) is 28.8. The maximum atomic E-state index is 15.2. The lowest BCUT2D eigenvalue weighted by atomic mass is 9.76. The summed E-state index contributed by atoms with van der Waals surface area (Å²) in [5.74, 6) is 0.333. The Kier molecular flexibility index (Phi) is 7.86. The predicted octanol–water partition coefficient (Wildman–Crippen LogP) is 7.36. The van der Waals surface area contributed by atoms with Crippen LogP contribution in [0, 0.1) is 17.2 Å². The zero-order valence-electron chi connectivity index (χ0n) is 24.6. The summed E-state index contributed by atoms with van der Waals surface area (Å²) in [6, 6.07) is 10.8. The number of likely N-dealkylation sites (tertiary alicyclic amines) is 1. The molecule has 2 aliphatic carbocycles. The Bertz CT molecular complexity index is 1280. The van der Waals surface area contributed by atoms with Crippen molar-refractivity contribution in [3.05, 3.63) is 53.3 Å². The third kappa shape index (κ3) is 5.70. The first-order valence-corrected chi connectivity index (χ1v) is 14.9. The van der Waals surface area contributed by atoms with Gasteiger partial charge < -0.3 is 9.84 Å². The van der Waals surface area contributed by atoms with Crippen LogP contribution in [0.2, 0.25) is 0 Å². The average molecular weight is 550 g/mol. The molecule has 216 valence electrons. The number of likely N-dealkylation sites (N-methyl/N-ethyl adjacent to an activating group) is 1. The molecule has 0 radical (unpaired) electrons. The molecule has 1 N–H and O–H groups in total. The first kappa shape index (κ1) is 28.8. The first-order valence-electron chi connectivity index (χ1n) is 14.9. The number of ether oxygens (including phenoxy) is 1. The number of Topliss-reactive ketones (excluding diaryl/α,β-unsaturated/α-hetero) is 1. The van der Waals surface area contributed by atoms with E-state index in [0.29, 0.717) is 35.0 Å². The number of carboxylic acids is 1. The number of carboxylic acid groups (broad SMARTS) is 1. The molecule has 1 saturated heterocycles. The second-order valence-corrected chi connectivity index (χ2v) is 13.9. The molecule has 3 fully saturated rings. The molecule has 3 atom stereocenters. The number of ketones is 1. The first-order chi connectivity index (χ1) is 18.9. The van der Waals surface area contributed by atoms with Crippen LogP contribution < -0.4 is 4.74 Å². The number of benzene rings is 2. The van der Waals surface area contributed by atoms with Crippen LogP contribution in [-0.2, 0) is 15.0 Å². The fourth-order valence-electron chi connectivity index (χ4n) is 7.05. The van der Waals surface area contributed by atoms with Crippen molar-refractivity contribution in [2.24, 2.45) is 11.3 Å². The van der Waals surface area contributed by atoms with E-state index in [0.717, 1.165) is 62.6 Å². The maximum absolute atomic E-state index is 15.2. The Morgan fingerprint density at radius 2 is 1.85 bits per heavy atom. The summed E-state index contributed by atoms with van der Waals surface area (Å²) in [5.41, 5.74) is 1.98. The van der Waals surface area contributed by atoms with E-state index in [1.807, 2.05) is 24.3 Å². The summed E-state index contributed by atoms with van der Waals surface area (Å²) < 4.78 is 21.8. The Hall–Kier alpha value is -2.73. The molecule has 6 heteroatoms. The minimum Gasteiger partial charge on any atom is -0.490 e. The van der Waals surface area contributed by atoms with Crippen molar-refractivity contribution in [2.45, 2.75) is 103 Å². The number of hydrogen-bond acceptors (Lipinski definition) is 4. The van der Waals surface area contributed by atoms with E-state index in [1.165, 1.54) is 6.07 Å². The van der Waals surface area contributed by atoms with E-state index < -0.39 is 11.4 Å². The number of nitrogens with zero attached hydrogens (tertiary/aromatic N) is 1. The van der Waals surface area contributed by atoms with Gasteiger partial charge in [-0.2, -0.15) is 0 Å². The van der Waals surface area contributed by atoms with Gasteiger partial charge >= 0.3 is 5.97 Å². The summed E-state index contributed by atoms with van der Waals surface area (Å²) in [4.78, 5) is 27.5. The number of aliphatic carboxylic acids is 1. The molecule has 0 unspecified atom stereocenters. The van der Waals surface area contributed by atoms with Crippen LogP contribution in [0.25, 0.3) is 11.1 Å². The molecule has 3 aliphatic rings. The molecule has 2 aromatic carbocycles. The van der Waals surface area contributed by atoms with Crippen LogP contribution in [0.5, 0.6) is 5.75 Å². The van der Waals surface area contributed by atoms with E-state index in [1.54, 1.807) is 19.9 Å². The highest BCUT2D eigenvalue weighted by atomic mass is 19.1. The molecule has 1 heterocycles. The van der Waals surface area contributed by atoms with Crippen molar-refractivity contribution >= 4 is 11.8 Å². The molecule has 2 aromatic rings. The quantitative estimate of drug-likeness (QED) is 0.354. The highest BCUT2D eigenvalue weighted by Crippen LogP contribution is 2.46. The Balaban J connectivity index is 1.39. The largest absolute Gasteiger partial charge is 0.490 e. The average Bonchev–Trinajstić information content (AvgIpc) is 3.40. The van der Waals surface area contributed by atoms with Crippen LogP contribution in [0.3, 0.4) is 0 Å². The summed E-state index contributed by atoms with van der Waals surface area (Å²) >= 11 is 0. The fourth-order valence-corrected chi connectivity index (χ4v) is 7.05. The van der Waals surface area contributed by atoms with E-state index in [2.05, 4.69) is 25.8 Å². The van der Waals surface area contributed by atoms with E-state index >= 15 is 4.39 Å². The number of rotatable bonds is 9. The second-order valence-electron chi connectivity index (χ2n) is 13.9. The third-order valence-electron chi connectivity index (χ3n) is 9.70. The second kappa shape index (κ2) is 10.9. The number of halogens is 1. The van der Waals surface area contributed by atoms with Gasteiger partial charge in [-0.05, 0) is 112 Å². The van der Waals surface area contributed by atoms with Crippen LogP contribution in [0.15, 0.2) is 36.4 Å². The Morgan fingerprint density at radius 1 is 1.10 bits per heavy atom. The normalized spacial score (nSPS) is 25.1. The number of carbonyl (C=O) groups is 2. The van der Waals surface area contributed by atoms with E-state index in [4.69, 9.17) is 4.74 Å². The minimum absolute atomic E-state index is 0.00427. The van der Waals surface area contributed by atoms with E-state index in [9.17, 15) is 14.7 Å². The van der Waals surface area contributed by atoms with Gasteiger partial charge in [0, 0.05) is 18.5 Å². The van der Waals surface area contributed by atoms with Crippen LogP contribution in [-0.4, -0.2) is 47.5 Å². The number of carbonyl (C=O) groups excluding carboxylic acids is 1. The summed E-state index contributed by atoms with van der Waals surface area (Å²) in [7, 11) is 2.05. The van der Waals surface area contributed by atoms with Crippen LogP contribution in [0.1, 0.15) is 96.1 Å². The molecule has 0 aromatic heterocycles. The lowest BCUT2D eigenvalue weighted by molar-refractivity contribution is -0.142. The number of hydrogen-bond donors (Lipinski definition) is 1. The van der Waals surface area contributed by atoms with Crippen molar-refractivity contribution < 1.29 is 23.8 Å². The zero-order valence-corrected chi connectivity index (χ0v) is 24.6. The molecule has 40 heavy (non-hydrogen) atoms. The lowest BCUT2D eigenvalue weighted by Gasteiger charge is -2.30. The van der Waals surface area contributed by atoms with Crippen molar-refractivity contribution in [2.75, 3.05) is 13.6 Å². The van der Waals surface area contributed by atoms with Gasteiger partial charge in [-0.3, -0.25) is 14.5 Å². The van der Waals surface area contributed by atoms with Gasteiger partial charge in [-0.15, -0.1) is 0 Å². The summed E-state index contributed by atoms with van der Waals surface area (Å²) in [6.07, 6.45) is 7.08. The lowest BCUT2D eigenvalue weighted by Crippen LogP contribution is -2.33. The smallest absolute Gasteiger partial charge is 0.313 e. The van der Waals surface area contributed by atoms with Crippen LogP contribution >= 0.6 is 0 Å². The van der Waals surface area contributed by atoms with Crippen molar-refractivity contribution in [1.29, 1.82) is 0 Å². The molecule has 2 saturated carbocycles. The van der Waals surface area contributed by atoms with Crippen molar-refractivity contribution in [1.82, 2.24) is 4.90 Å². The molecule has 1 aliphatic heterocycles. The predicted molar refractivity (Wildman–Crippen MR) is 155 cm³/mol. The van der Waals surface area contributed by atoms with Gasteiger partial charge in [0.2, 0.25) is 0 Å². The van der Waals surface area contributed by atoms with Gasteiger partial charge in [-0.1, -0.05) is 38.5 Å². The molecule has 5 nitrogen and oxygen atoms in total. The highest BCUT2D eigenvalue weighted by Gasteiger charge is 2.40. The SMILES string of the molecule is CN1CC(C)(C)C[C@H]1C(=O)C[C@@H]1CC[C@@H](Oc2ccc(C(C)(C)C(=O)O)cc2-c2cccc(F)c2C2CCC2)C1. The molecule has 5 rings (SSSR count). The fraction of sp³-hybridized carbons (Fsp3) is 0.588. The maximum Gasteiger partial charge on any atom is 0.313 e. The van der Waals surface area contributed by atoms with Crippen LogP contribution in [0.4, 0.5) is 4.39 Å². The van der Waals surface area contributed by atoms with Crippen molar-refractivity contribution in [3.8, 4) is 16.9 Å². The Labute approximate surface area is 238 Å². The minimum atomic E-state index is -1.10. The Morgan fingerprint density at radius 3 is 2.48 bits per heavy atom. The van der Waals surface area contributed by atoms with Gasteiger partial charge in [0.25, 0.3) is 0 Å². The summed E-state index contributed by atoms with van der Waals surface area (Å²) in [6.45, 7) is 8.78. The topological polar surface area (TPSA) is 66.8 Å². The van der Waals surface area contributed by atoms with E-state index in [-0.39, 0.29) is 29.3 Å². The van der Waals surface area contributed by atoms with Crippen molar-refractivity contribution in [3.63, 3.8) is 0 Å². The molecular formula is C34H44FNO4. The molecule has 0 spiro atoms. The standard InChI is InChI=1S/C34H44FNO4/c1-33(2)19-28(36(5)20-33)29(37)17-21-12-14-24(16-21)40-30-15-13-23(34(3,4)32(38)39)18-26(30)25-10-7-11-27(35)31(25)22-8-6-9-22/h7,10-11,13,15,18,21-22,24,28H,6,8-9,12,14,16-17,19-20H2,1-5H3,(H,38,39)/t21-,24-,28+/m1/s1. The summed E-state index contributed by atoms with van der Waals surface area (Å²) in [5, 5.41) is 9.89. The van der Waals surface area contributed by atoms with Gasteiger partial charge in [0.1, 0.15) is 17.3 Å². The molecule has 0 amide bonds. The van der Waals surface area contributed by atoms with Gasteiger partial charge in [0.05, 0.1) is 17.6 Å².